The van der Waals surface area contributed by atoms with Gasteiger partial charge in [0.2, 0.25) is 5.79 Å². The lowest BCUT2D eigenvalue weighted by Crippen LogP contribution is -2.46. The van der Waals surface area contributed by atoms with Crippen molar-refractivity contribution in [3.63, 3.8) is 0 Å². The minimum absolute atomic E-state index is 0.0164. The van der Waals surface area contributed by atoms with Crippen LogP contribution in [0.3, 0.4) is 0 Å². The maximum atomic E-state index is 12.5. The molecule has 7 nitrogen and oxygen atoms in total. The van der Waals surface area contributed by atoms with Crippen LogP contribution in [0.4, 0.5) is 0 Å². The van der Waals surface area contributed by atoms with E-state index in [0.29, 0.717) is 0 Å². The highest BCUT2D eigenvalue weighted by molar-refractivity contribution is 7.86. The van der Waals surface area contributed by atoms with Crippen molar-refractivity contribution in [1.82, 2.24) is 0 Å². The Morgan fingerprint density at radius 3 is 2.54 bits per heavy atom. The Labute approximate surface area is 163 Å². The van der Waals surface area contributed by atoms with Crippen molar-refractivity contribution in [3.05, 3.63) is 65.7 Å². The Morgan fingerprint density at radius 2 is 1.82 bits per heavy atom. The molecule has 0 radical (unpaired) electrons. The van der Waals surface area contributed by atoms with Crippen molar-refractivity contribution in [1.29, 1.82) is 0 Å². The standard InChI is InChI=1S/C20H22O7S/c1-14-7-9-16(10-8-14)28(22,23)27-17-12-24-19-18(17)25-13-20(19,21)26-11-15-5-3-2-4-6-15/h2-10,17-19,21H,11-13H2,1H3/t17-,18-,19+,20-/m1/s1. The number of ether oxygens (including phenoxy) is 3. The number of aryl methyl sites for hydroxylation is 1. The van der Waals surface area contributed by atoms with Gasteiger partial charge in [0.15, 0.2) is 0 Å². The minimum Gasteiger partial charge on any atom is -0.367 e. The van der Waals surface area contributed by atoms with E-state index in [-0.39, 0.29) is 24.7 Å². The monoisotopic (exact) mass is 406 g/mol. The van der Waals surface area contributed by atoms with Crippen LogP contribution in [0.2, 0.25) is 0 Å². The molecule has 0 saturated carbocycles. The first-order valence-electron chi connectivity index (χ1n) is 9.01. The van der Waals surface area contributed by atoms with Crippen LogP contribution in [-0.2, 0) is 35.1 Å². The fraction of sp³-hybridized carbons (Fsp3) is 0.400. The van der Waals surface area contributed by atoms with E-state index in [1.54, 1.807) is 12.1 Å². The van der Waals surface area contributed by atoms with Crippen LogP contribution in [0, 0.1) is 6.92 Å². The van der Waals surface area contributed by atoms with Gasteiger partial charge in [-0.25, -0.2) is 0 Å². The zero-order valence-corrected chi connectivity index (χ0v) is 16.2. The van der Waals surface area contributed by atoms with Crippen molar-refractivity contribution in [2.24, 2.45) is 0 Å². The van der Waals surface area contributed by atoms with Gasteiger partial charge in [-0.15, -0.1) is 0 Å². The number of hydrogen-bond donors (Lipinski definition) is 1. The molecule has 2 saturated heterocycles. The second kappa shape index (κ2) is 7.55. The molecule has 2 aromatic rings. The van der Waals surface area contributed by atoms with E-state index in [0.717, 1.165) is 11.1 Å². The lowest BCUT2D eigenvalue weighted by molar-refractivity contribution is -0.250. The molecule has 0 unspecified atom stereocenters. The summed E-state index contributed by atoms with van der Waals surface area (Å²) in [4.78, 5) is 0.0649. The molecule has 0 bridgehead atoms. The third-order valence-corrected chi connectivity index (χ3v) is 6.27. The molecule has 2 heterocycles. The van der Waals surface area contributed by atoms with Gasteiger partial charge in [0.05, 0.1) is 18.1 Å². The summed E-state index contributed by atoms with van der Waals surface area (Å²) in [6, 6.07) is 15.8. The number of aliphatic hydroxyl groups is 1. The second-order valence-corrected chi connectivity index (χ2v) is 8.62. The Morgan fingerprint density at radius 1 is 1.11 bits per heavy atom. The van der Waals surface area contributed by atoms with Crippen LogP contribution in [-0.4, -0.2) is 50.8 Å². The maximum Gasteiger partial charge on any atom is 0.297 e. The molecule has 0 amide bonds. The van der Waals surface area contributed by atoms with Gasteiger partial charge in [0.1, 0.15) is 24.9 Å². The van der Waals surface area contributed by atoms with Crippen LogP contribution in [0.1, 0.15) is 11.1 Å². The van der Waals surface area contributed by atoms with E-state index in [4.69, 9.17) is 18.4 Å². The largest absolute Gasteiger partial charge is 0.367 e. The lowest BCUT2D eigenvalue weighted by atomic mass is 10.1. The first-order valence-corrected chi connectivity index (χ1v) is 10.4. The third-order valence-electron chi connectivity index (χ3n) is 4.92. The predicted molar refractivity (Wildman–Crippen MR) is 98.9 cm³/mol. The van der Waals surface area contributed by atoms with Crippen LogP contribution in [0.25, 0.3) is 0 Å². The van der Waals surface area contributed by atoms with E-state index >= 15 is 0 Å². The summed E-state index contributed by atoms with van der Waals surface area (Å²) in [6.07, 6.45) is -2.42. The summed E-state index contributed by atoms with van der Waals surface area (Å²) in [6.45, 7) is 1.91. The van der Waals surface area contributed by atoms with Crippen molar-refractivity contribution in [2.75, 3.05) is 13.2 Å². The molecule has 28 heavy (non-hydrogen) atoms. The van der Waals surface area contributed by atoms with Gasteiger partial charge in [0, 0.05) is 0 Å². The van der Waals surface area contributed by atoms with Crippen LogP contribution in [0.15, 0.2) is 59.5 Å². The van der Waals surface area contributed by atoms with E-state index in [1.165, 1.54) is 12.1 Å². The van der Waals surface area contributed by atoms with Gasteiger partial charge < -0.3 is 19.3 Å². The molecule has 2 aromatic carbocycles. The highest BCUT2D eigenvalue weighted by atomic mass is 32.2. The fourth-order valence-corrected chi connectivity index (χ4v) is 4.45. The van der Waals surface area contributed by atoms with Crippen LogP contribution in [0.5, 0.6) is 0 Å². The fourth-order valence-electron chi connectivity index (χ4n) is 3.37. The lowest BCUT2D eigenvalue weighted by Gasteiger charge is -2.26. The second-order valence-electron chi connectivity index (χ2n) is 7.05. The molecule has 4 rings (SSSR count). The van der Waals surface area contributed by atoms with E-state index in [1.807, 2.05) is 37.3 Å². The number of benzene rings is 2. The van der Waals surface area contributed by atoms with Crippen molar-refractivity contribution >= 4 is 10.1 Å². The molecule has 8 heteroatoms. The number of rotatable bonds is 6. The first-order chi connectivity index (χ1) is 13.4. The van der Waals surface area contributed by atoms with Gasteiger partial charge in [-0.1, -0.05) is 48.0 Å². The normalized spacial score (nSPS) is 29.7. The summed E-state index contributed by atoms with van der Waals surface area (Å²) in [7, 11) is -3.97. The smallest absolute Gasteiger partial charge is 0.297 e. The Kier molecular flexibility index (Phi) is 5.26. The molecular weight excluding hydrogens is 384 g/mol. The van der Waals surface area contributed by atoms with Crippen molar-refractivity contribution in [2.45, 2.75) is 42.5 Å². The average Bonchev–Trinajstić information content (AvgIpc) is 3.23. The molecule has 4 atom stereocenters. The first kappa shape index (κ1) is 19.5. The quantitative estimate of drug-likeness (QED) is 0.577. The molecule has 2 fully saturated rings. The number of fused-ring (bicyclic) bond motifs is 1. The molecule has 150 valence electrons. The Hall–Kier alpha value is -1.81. The van der Waals surface area contributed by atoms with Crippen molar-refractivity contribution < 1.29 is 31.9 Å². The summed E-state index contributed by atoms with van der Waals surface area (Å²) < 4.78 is 47.3. The summed E-state index contributed by atoms with van der Waals surface area (Å²) in [5.41, 5.74) is 1.84. The van der Waals surface area contributed by atoms with E-state index < -0.39 is 34.2 Å². The van der Waals surface area contributed by atoms with Gasteiger partial charge in [0.25, 0.3) is 10.1 Å². The molecule has 2 aliphatic rings. The summed E-state index contributed by atoms with van der Waals surface area (Å²) in [5.74, 6) is -1.66. The zero-order chi connectivity index (χ0) is 19.8. The van der Waals surface area contributed by atoms with Crippen LogP contribution >= 0.6 is 0 Å². The zero-order valence-electron chi connectivity index (χ0n) is 15.4. The molecule has 2 aliphatic heterocycles. The number of hydrogen-bond acceptors (Lipinski definition) is 7. The molecule has 0 spiro atoms. The molecule has 1 N–H and O–H groups in total. The van der Waals surface area contributed by atoms with E-state index in [9.17, 15) is 13.5 Å². The Bertz CT molecular complexity index is 913. The Balaban J connectivity index is 1.42. The molecule has 0 aromatic heterocycles. The van der Waals surface area contributed by atoms with E-state index in [2.05, 4.69) is 0 Å². The summed E-state index contributed by atoms with van der Waals surface area (Å²) >= 11 is 0. The predicted octanol–water partition coefficient (Wildman–Crippen LogP) is 1.77. The third kappa shape index (κ3) is 3.84. The average molecular weight is 406 g/mol. The van der Waals surface area contributed by atoms with Gasteiger partial charge >= 0.3 is 0 Å². The van der Waals surface area contributed by atoms with Crippen LogP contribution < -0.4 is 0 Å². The summed E-state index contributed by atoms with van der Waals surface area (Å²) in [5, 5.41) is 10.8. The maximum absolute atomic E-state index is 12.5. The van der Waals surface area contributed by atoms with Gasteiger partial charge in [-0.05, 0) is 24.6 Å². The van der Waals surface area contributed by atoms with Gasteiger partial charge in [-0.3, -0.25) is 4.18 Å². The highest BCUT2D eigenvalue weighted by Crippen LogP contribution is 2.37. The minimum atomic E-state index is -3.97. The molecular formula is C20H22O7S. The molecule has 0 aliphatic carbocycles. The topological polar surface area (TPSA) is 91.3 Å². The van der Waals surface area contributed by atoms with Gasteiger partial charge in [-0.2, -0.15) is 8.42 Å². The van der Waals surface area contributed by atoms with Crippen molar-refractivity contribution in [3.8, 4) is 0 Å². The SMILES string of the molecule is Cc1ccc(S(=O)(=O)O[C@@H]2CO[C@H]3[C@@H]2OC[C@@]3(O)OCc2ccccc2)cc1. The highest BCUT2D eigenvalue weighted by Gasteiger charge is 2.58.